The summed E-state index contributed by atoms with van der Waals surface area (Å²) in [5.41, 5.74) is 2.63. The summed E-state index contributed by atoms with van der Waals surface area (Å²) in [5, 5.41) is 13.1. The third-order valence-electron chi connectivity index (χ3n) is 4.76. The molecule has 0 spiro atoms. The Labute approximate surface area is 150 Å². The van der Waals surface area contributed by atoms with E-state index in [9.17, 15) is 14.7 Å². The van der Waals surface area contributed by atoms with E-state index >= 15 is 0 Å². The van der Waals surface area contributed by atoms with Crippen molar-refractivity contribution in [1.29, 1.82) is 0 Å². The van der Waals surface area contributed by atoms with Gasteiger partial charge >= 0.3 is 5.97 Å². The molecule has 4 atom stereocenters. The van der Waals surface area contributed by atoms with E-state index < -0.39 is 17.8 Å². The lowest BCUT2D eigenvalue weighted by molar-refractivity contribution is -0.146. The second-order valence-corrected chi connectivity index (χ2v) is 7.21. The van der Waals surface area contributed by atoms with Crippen LogP contribution in [0, 0.1) is 23.7 Å². The molecule has 2 bridgehead atoms. The van der Waals surface area contributed by atoms with Crippen LogP contribution in [0.2, 0.25) is 10.0 Å². The Hall–Kier alpha value is -1.78. The van der Waals surface area contributed by atoms with E-state index in [4.69, 9.17) is 23.2 Å². The lowest BCUT2D eigenvalue weighted by Gasteiger charge is -2.23. The highest BCUT2D eigenvalue weighted by Crippen LogP contribution is 2.53. The first-order chi connectivity index (χ1) is 11.3. The van der Waals surface area contributed by atoms with Gasteiger partial charge in [-0.25, -0.2) is 0 Å². The summed E-state index contributed by atoms with van der Waals surface area (Å²) in [7, 11) is 0. The van der Waals surface area contributed by atoms with Crippen molar-refractivity contribution >= 4 is 40.8 Å². The number of aliphatic carboxylic acids is 1. The quantitative estimate of drug-likeness (QED) is 0.780. The molecule has 2 N–H and O–H groups in total. The van der Waals surface area contributed by atoms with E-state index in [0.717, 1.165) is 11.1 Å². The molecule has 3 rings (SSSR count). The van der Waals surface area contributed by atoms with Crippen LogP contribution in [0.5, 0.6) is 0 Å². The highest BCUT2D eigenvalue weighted by Gasteiger charge is 2.54. The molecule has 0 aliphatic heterocycles. The minimum Gasteiger partial charge on any atom is -0.481 e. The Morgan fingerprint density at radius 1 is 1.04 bits per heavy atom. The molecule has 24 heavy (non-hydrogen) atoms. The molecule has 126 valence electrons. The number of nitrogens with one attached hydrogen (secondary N) is 1. The topological polar surface area (TPSA) is 66.4 Å². The van der Waals surface area contributed by atoms with Gasteiger partial charge in [0.05, 0.1) is 21.9 Å². The van der Waals surface area contributed by atoms with Crippen LogP contribution in [0.3, 0.4) is 0 Å². The number of carboxylic acid groups (broad SMARTS) is 1. The fourth-order valence-electron chi connectivity index (χ4n) is 3.84. The minimum atomic E-state index is -0.945. The first-order valence-electron chi connectivity index (χ1n) is 7.65. The third-order valence-corrected chi connectivity index (χ3v) is 5.50. The minimum absolute atomic E-state index is 0.163. The molecule has 0 radical (unpaired) electrons. The van der Waals surface area contributed by atoms with Crippen molar-refractivity contribution in [1.82, 2.24) is 0 Å². The normalized spacial score (nSPS) is 27.4. The number of carbonyl (C=O) groups excluding carboxylic acids is 1. The average molecular weight is 366 g/mol. The summed E-state index contributed by atoms with van der Waals surface area (Å²) in [6, 6.07) is 4.80. The highest BCUT2D eigenvalue weighted by molar-refractivity contribution is 6.42. The number of halogens is 2. The van der Waals surface area contributed by atoms with Gasteiger partial charge in [0.25, 0.3) is 0 Å². The molecular weight excluding hydrogens is 349 g/mol. The standard InChI is InChI=1S/C18H17Cl2NO3/c1-8(2)14-10-4-5-11(14)16(18(23)24)15(10)17(22)21-9-3-6-12(19)13(20)7-9/h3-7,10-11,15-16H,1-2H3,(H,21,22)(H,23,24)/t10-,11-,15+,16+/m1/s1. The molecule has 1 saturated carbocycles. The van der Waals surface area contributed by atoms with Crippen LogP contribution in [0.25, 0.3) is 0 Å². The third kappa shape index (κ3) is 2.74. The number of carbonyl (C=O) groups is 2. The van der Waals surface area contributed by atoms with E-state index in [1.165, 1.54) is 0 Å². The zero-order valence-corrected chi connectivity index (χ0v) is 14.7. The van der Waals surface area contributed by atoms with Gasteiger partial charge in [-0.1, -0.05) is 46.5 Å². The predicted molar refractivity (Wildman–Crippen MR) is 94.2 cm³/mol. The largest absolute Gasteiger partial charge is 0.481 e. The molecule has 0 unspecified atom stereocenters. The summed E-state index contributed by atoms with van der Waals surface area (Å²) in [4.78, 5) is 24.5. The van der Waals surface area contributed by atoms with Gasteiger partial charge in [-0.3, -0.25) is 9.59 Å². The molecule has 2 aliphatic carbocycles. The highest BCUT2D eigenvalue weighted by atomic mass is 35.5. The Kier molecular flexibility index (Phi) is 4.45. The van der Waals surface area contributed by atoms with Crippen LogP contribution in [-0.2, 0) is 9.59 Å². The number of carboxylic acids is 1. The van der Waals surface area contributed by atoms with Crippen molar-refractivity contribution in [2.24, 2.45) is 23.7 Å². The van der Waals surface area contributed by atoms with E-state index in [-0.39, 0.29) is 17.7 Å². The SMILES string of the molecule is CC(C)=C1[C@H]2C=C[C@H]1[C@H](C(=O)Nc1ccc(Cl)c(Cl)c1)[C@H]2C(=O)O. The van der Waals surface area contributed by atoms with Gasteiger partial charge in [0.2, 0.25) is 5.91 Å². The van der Waals surface area contributed by atoms with E-state index in [1.54, 1.807) is 18.2 Å². The van der Waals surface area contributed by atoms with Gasteiger partial charge < -0.3 is 10.4 Å². The molecular formula is C18H17Cl2NO3. The van der Waals surface area contributed by atoms with Crippen LogP contribution in [0.15, 0.2) is 41.5 Å². The average Bonchev–Trinajstić information content (AvgIpc) is 3.06. The van der Waals surface area contributed by atoms with Crippen molar-refractivity contribution in [3.05, 3.63) is 51.5 Å². The monoisotopic (exact) mass is 365 g/mol. The zero-order chi connectivity index (χ0) is 17.6. The smallest absolute Gasteiger partial charge is 0.308 e. The molecule has 2 aliphatic rings. The number of hydrogen-bond acceptors (Lipinski definition) is 2. The number of rotatable bonds is 3. The summed E-state index contributed by atoms with van der Waals surface area (Å²) in [5.74, 6) is -2.99. The zero-order valence-electron chi connectivity index (χ0n) is 13.2. The number of hydrogen-bond donors (Lipinski definition) is 2. The van der Waals surface area contributed by atoms with Crippen molar-refractivity contribution in [3.63, 3.8) is 0 Å². The van der Waals surface area contributed by atoms with Crippen LogP contribution >= 0.6 is 23.2 Å². The molecule has 6 heteroatoms. The van der Waals surface area contributed by atoms with Gasteiger partial charge in [0, 0.05) is 17.5 Å². The first kappa shape index (κ1) is 17.1. The Bertz CT molecular complexity index is 780. The van der Waals surface area contributed by atoms with E-state index in [0.29, 0.717) is 15.7 Å². The van der Waals surface area contributed by atoms with Crippen molar-refractivity contribution in [2.75, 3.05) is 5.32 Å². The van der Waals surface area contributed by atoms with Gasteiger partial charge in [0.15, 0.2) is 0 Å². The number of amides is 1. The number of benzene rings is 1. The maximum Gasteiger partial charge on any atom is 0.308 e. The maximum atomic E-state index is 12.8. The van der Waals surface area contributed by atoms with Crippen LogP contribution < -0.4 is 5.32 Å². The van der Waals surface area contributed by atoms with Gasteiger partial charge in [-0.15, -0.1) is 0 Å². The Morgan fingerprint density at radius 3 is 2.21 bits per heavy atom. The lowest BCUT2D eigenvalue weighted by atomic mass is 9.82. The number of allylic oxidation sites excluding steroid dienone is 4. The maximum absolute atomic E-state index is 12.8. The van der Waals surface area contributed by atoms with Crippen LogP contribution in [0.4, 0.5) is 5.69 Å². The first-order valence-corrected chi connectivity index (χ1v) is 8.41. The van der Waals surface area contributed by atoms with Crippen molar-refractivity contribution in [3.8, 4) is 0 Å². The number of fused-ring (bicyclic) bond motifs is 2. The van der Waals surface area contributed by atoms with Crippen LogP contribution in [0.1, 0.15) is 13.8 Å². The molecule has 1 fully saturated rings. The fraction of sp³-hybridized carbons (Fsp3) is 0.333. The molecule has 1 amide bonds. The molecule has 0 aromatic heterocycles. The van der Waals surface area contributed by atoms with Crippen molar-refractivity contribution in [2.45, 2.75) is 13.8 Å². The molecule has 1 aromatic carbocycles. The summed E-state index contributed by atoms with van der Waals surface area (Å²) < 4.78 is 0. The van der Waals surface area contributed by atoms with Gasteiger partial charge in [-0.05, 0) is 32.0 Å². The van der Waals surface area contributed by atoms with Gasteiger partial charge in [-0.2, -0.15) is 0 Å². The predicted octanol–water partition coefficient (Wildman–Crippen LogP) is 4.40. The summed E-state index contributed by atoms with van der Waals surface area (Å²) in [6.07, 6.45) is 3.86. The van der Waals surface area contributed by atoms with Crippen LogP contribution in [-0.4, -0.2) is 17.0 Å². The Morgan fingerprint density at radius 2 is 1.67 bits per heavy atom. The number of anilines is 1. The summed E-state index contributed by atoms with van der Waals surface area (Å²) >= 11 is 11.8. The fourth-order valence-corrected chi connectivity index (χ4v) is 4.14. The molecule has 0 heterocycles. The Balaban J connectivity index is 1.91. The second-order valence-electron chi connectivity index (χ2n) is 6.40. The summed E-state index contributed by atoms with van der Waals surface area (Å²) in [6.45, 7) is 3.92. The van der Waals surface area contributed by atoms with E-state index in [2.05, 4.69) is 5.32 Å². The van der Waals surface area contributed by atoms with E-state index in [1.807, 2.05) is 26.0 Å². The lowest BCUT2D eigenvalue weighted by Crippen LogP contribution is -2.36. The molecule has 4 nitrogen and oxygen atoms in total. The molecule has 0 saturated heterocycles. The molecule has 1 aromatic rings. The van der Waals surface area contributed by atoms with Gasteiger partial charge in [0.1, 0.15) is 0 Å². The second kappa shape index (κ2) is 6.26. The van der Waals surface area contributed by atoms with Crippen molar-refractivity contribution < 1.29 is 14.7 Å².